The van der Waals surface area contributed by atoms with Crippen LogP contribution in [0.5, 0.6) is 0 Å². The normalized spacial score (nSPS) is 12.2. The molecule has 0 saturated carbocycles. The predicted molar refractivity (Wildman–Crippen MR) is 298 cm³/mol. The van der Waals surface area contributed by atoms with Gasteiger partial charge in [-0.2, -0.15) is 0 Å². The maximum Gasteiger partial charge on any atom is 0.306 e. The molecule has 0 heterocycles. The molecule has 0 aromatic carbocycles. The highest BCUT2D eigenvalue weighted by molar-refractivity contribution is 5.71. The Morgan fingerprint density at radius 2 is 0.522 bits per heavy atom. The average Bonchev–Trinajstić information content (AvgIpc) is 3.35. The summed E-state index contributed by atoms with van der Waals surface area (Å²) in [4.78, 5) is 38.0. The summed E-state index contributed by atoms with van der Waals surface area (Å²) in [7, 11) is 0. The van der Waals surface area contributed by atoms with E-state index in [4.69, 9.17) is 14.2 Å². The molecule has 69 heavy (non-hydrogen) atoms. The van der Waals surface area contributed by atoms with Crippen molar-refractivity contribution in [3.05, 3.63) is 36.5 Å². The van der Waals surface area contributed by atoms with Gasteiger partial charge in [-0.3, -0.25) is 14.4 Å². The second kappa shape index (κ2) is 58.2. The van der Waals surface area contributed by atoms with E-state index in [9.17, 15) is 14.4 Å². The molecule has 0 amide bonds. The SMILES string of the molecule is CCCCCCC/C=C\C/C=C\C/C=C\CCCCCCCCC(=O)OC(COC(=O)CCCCCCCCC)COC(=O)CCCCCCCCCCCCCCCCCCCCCCCCC. The van der Waals surface area contributed by atoms with E-state index in [-0.39, 0.29) is 31.1 Å². The van der Waals surface area contributed by atoms with E-state index >= 15 is 0 Å². The third kappa shape index (κ3) is 56.4. The van der Waals surface area contributed by atoms with Gasteiger partial charge in [0.2, 0.25) is 0 Å². The number of allylic oxidation sites excluding steroid dienone is 6. The maximum atomic E-state index is 12.8. The lowest BCUT2D eigenvalue weighted by molar-refractivity contribution is -0.167. The summed E-state index contributed by atoms with van der Waals surface area (Å²) in [6.45, 7) is 6.62. The Labute approximate surface area is 429 Å². The van der Waals surface area contributed by atoms with Gasteiger partial charge in [-0.05, 0) is 57.8 Å². The number of esters is 3. The van der Waals surface area contributed by atoms with Crippen LogP contribution in [0.4, 0.5) is 0 Å². The molecule has 0 N–H and O–H groups in total. The lowest BCUT2D eigenvalue weighted by atomic mass is 10.0. The van der Waals surface area contributed by atoms with E-state index in [0.717, 1.165) is 77.0 Å². The lowest BCUT2D eigenvalue weighted by Crippen LogP contribution is -2.30. The molecular weight excluding hydrogens is 853 g/mol. The lowest BCUT2D eigenvalue weighted by Gasteiger charge is -2.18. The summed E-state index contributed by atoms with van der Waals surface area (Å²) in [5, 5.41) is 0. The van der Waals surface area contributed by atoms with Crippen LogP contribution >= 0.6 is 0 Å². The summed E-state index contributed by atoms with van der Waals surface area (Å²) < 4.78 is 16.8. The third-order valence-corrected chi connectivity index (χ3v) is 13.6. The van der Waals surface area contributed by atoms with Gasteiger partial charge in [-0.15, -0.1) is 0 Å². The number of ether oxygens (including phenoxy) is 3. The molecule has 0 aliphatic heterocycles. The zero-order valence-corrected chi connectivity index (χ0v) is 46.3. The number of unbranched alkanes of at least 4 members (excludes halogenated alkanes) is 39. The first-order chi connectivity index (χ1) is 34.0. The Morgan fingerprint density at radius 3 is 0.812 bits per heavy atom. The maximum absolute atomic E-state index is 12.8. The van der Waals surface area contributed by atoms with E-state index in [1.54, 1.807) is 0 Å². The first-order valence-corrected chi connectivity index (χ1v) is 30.5. The van der Waals surface area contributed by atoms with E-state index < -0.39 is 6.10 Å². The molecule has 0 fully saturated rings. The largest absolute Gasteiger partial charge is 0.462 e. The van der Waals surface area contributed by atoms with E-state index in [1.807, 2.05) is 0 Å². The highest BCUT2D eigenvalue weighted by atomic mass is 16.6. The molecule has 0 aromatic heterocycles. The molecule has 404 valence electrons. The van der Waals surface area contributed by atoms with Gasteiger partial charge in [0.15, 0.2) is 6.10 Å². The fraction of sp³-hybridized carbons (Fsp3) is 0.857. The summed E-state index contributed by atoms with van der Waals surface area (Å²) in [6, 6.07) is 0. The standard InChI is InChI=1S/C63H116O6/c1-4-7-10-13-16-18-20-22-24-26-28-30-31-33-34-36-38-40-42-44-47-50-53-56-62(65)68-59-60(58-67-61(64)55-52-49-46-15-12-9-6-3)69-63(66)57-54-51-48-45-43-41-39-37-35-32-29-27-25-23-21-19-17-14-11-8-5-2/h21,23,27,29,35,37,60H,4-20,22,24-26,28,30-34,36,38-59H2,1-3H3/b23-21-,29-27-,37-35-. The summed E-state index contributed by atoms with van der Waals surface area (Å²) in [5.41, 5.74) is 0. The Bertz CT molecular complexity index is 1160. The van der Waals surface area contributed by atoms with Crippen LogP contribution in [0, 0.1) is 0 Å². The van der Waals surface area contributed by atoms with Crippen LogP contribution in [0.15, 0.2) is 36.5 Å². The first-order valence-electron chi connectivity index (χ1n) is 30.5. The molecule has 0 rings (SSSR count). The number of carbonyl (C=O) groups excluding carboxylic acids is 3. The quantitative estimate of drug-likeness (QED) is 0.0261. The minimum absolute atomic E-state index is 0.0734. The van der Waals surface area contributed by atoms with E-state index in [2.05, 4.69) is 57.2 Å². The van der Waals surface area contributed by atoms with Gasteiger partial charge in [0, 0.05) is 19.3 Å². The monoisotopic (exact) mass is 969 g/mol. The zero-order valence-electron chi connectivity index (χ0n) is 46.3. The Balaban J connectivity index is 4.15. The summed E-state index contributed by atoms with van der Waals surface area (Å²) in [5.74, 6) is -0.874. The van der Waals surface area contributed by atoms with Crippen LogP contribution < -0.4 is 0 Å². The fourth-order valence-corrected chi connectivity index (χ4v) is 9.04. The molecule has 6 heteroatoms. The van der Waals surface area contributed by atoms with Gasteiger partial charge < -0.3 is 14.2 Å². The van der Waals surface area contributed by atoms with Crippen molar-refractivity contribution in [1.29, 1.82) is 0 Å². The second-order valence-corrected chi connectivity index (χ2v) is 20.6. The van der Waals surface area contributed by atoms with Crippen molar-refractivity contribution in [3.63, 3.8) is 0 Å². The van der Waals surface area contributed by atoms with Gasteiger partial charge in [-0.25, -0.2) is 0 Å². The van der Waals surface area contributed by atoms with Crippen molar-refractivity contribution < 1.29 is 28.6 Å². The highest BCUT2D eigenvalue weighted by Crippen LogP contribution is 2.17. The highest BCUT2D eigenvalue weighted by Gasteiger charge is 2.19. The number of rotatable bonds is 56. The Morgan fingerprint density at radius 1 is 0.290 bits per heavy atom. The number of hydrogen-bond acceptors (Lipinski definition) is 6. The molecule has 0 aliphatic rings. The van der Waals surface area contributed by atoms with Crippen molar-refractivity contribution in [1.82, 2.24) is 0 Å². The number of carbonyl (C=O) groups is 3. The van der Waals surface area contributed by atoms with Crippen LogP contribution in [0.25, 0.3) is 0 Å². The van der Waals surface area contributed by atoms with Gasteiger partial charge in [0.1, 0.15) is 13.2 Å². The molecule has 1 unspecified atom stereocenters. The van der Waals surface area contributed by atoms with Crippen molar-refractivity contribution in [3.8, 4) is 0 Å². The Hall–Kier alpha value is -2.37. The van der Waals surface area contributed by atoms with Crippen LogP contribution in [-0.2, 0) is 28.6 Å². The Kier molecular flexibility index (Phi) is 56.2. The van der Waals surface area contributed by atoms with Gasteiger partial charge in [0.05, 0.1) is 0 Å². The van der Waals surface area contributed by atoms with Gasteiger partial charge in [0.25, 0.3) is 0 Å². The molecule has 0 aromatic rings. The second-order valence-electron chi connectivity index (χ2n) is 20.6. The van der Waals surface area contributed by atoms with Crippen molar-refractivity contribution >= 4 is 17.9 Å². The van der Waals surface area contributed by atoms with Gasteiger partial charge >= 0.3 is 17.9 Å². The molecule has 0 radical (unpaired) electrons. The molecule has 0 bridgehead atoms. The number of hydrogen-bond donors (Lipinski definition) is 0. The smallest absolute Gasteiger partial charge is 0.306 e. The minimum Gasteiger partial charge on any atom is -0.462 e. The van der Waals surface area contributed by atoms with Crippen LogP contribution in [-0.4, -0.2) is 37.2 Å². The summed E-state index contributed by atoms with van der Waals surface area (Å²) in [6.07, 6.45) is 70.3. The predicted octanol–water partition coefficient (Wildman–Crippen LogP) is 20.4. The van der Waals surface area contributed by atoms with Crippen molar-refractivity contribution in [2.45, 2.75) is 335 Å². The van der Waals surface area contributed by atoms with Crippen LogP contribution in [0.3, 0.4) is 0 Å². The van der Waals surface area contributed by atoms with Crippen molar-refractivity contribution in [2.24, 2.45) is 0 Å². The molecule has 0 saturated heterocycles. The summed E-state index contributed by atoms with van der Waals surface area (Å²) >= 11 is 0. The third-order valence-electron chi connectivity index (χ3n) is 13.6. The first kappa shape index (κ1) is 66.6. The van der Waals surface area contributed by atoms with E-state index in [1.165, 1.54) is 212 Å². The molecule has 0 spiro atoms. The minimum atomic E-state index is -0.774. The average molecular weight is 970 g/mol. The molecule has 1 atom stereocenters. The van der Waals surface area contributed by atoms with Gasteiger partial charge in [-0.1, -0.05) is 288 Å². The van der Waals surface area contributed by atoms with Crippen LogP contribution in [0.2, 0.25) is 0 Å². The fourth-order valence-electron chi connectivity index (χ4n) is 9.04. The van der Waals surface area contributed by atoms with Crippen molar-refractivity contribution in [2.75, 3.05) is 13.2 Å². The van der Waals surface area contributed by atoms with Crippen LogP contribution in [0.1, 0.15) is 329 Å². The zero-order chi connectivity index (χ0) is 50.0. The topological polar surface area (TPSA) is 78.9 Å². The molecule has 6 nitrogen and oxygen atoms in total. The van der Waals surface area contributed by atoms with E-state index in [0.29, 0.717) is 19.3 Å². The molecule has 0 aliphatic carbocycles. The molecular formula is C63H116O6.